The highest BCUT2D eigenvalue weighted by Crippen LogP contribution is 2.21. The van der Waals surface area contributed by atoms with Crippen LogP contribution in [-0.2, 0) is 17.6 Å². The van der Waals surface area contributed by atoms with E-state index >= 15 is 0 Å². The van der Waals surface area contributed by atoms with Crippen molar-refractivity contribution in [3.8, 4) is 11.6 Å². The van der Waals surface area contributed by atoms with Gasteiger partial charge in [0.15, 0.2) is 0 Å². The lowest BCUT2D eigenvalue weighted by Crippen LogP contribution is -2.20. The first kappa shape index (κ1) is 15.8. The Kier molecular flexibility index (Phi) is 5.31. The molecule has 1 N–H and O–H groups in total. The van der Waals surface area contributed by atoms with Crippen LogP contribution in [0.3, 0.4) is 0 Å². The summed E-state index contributed by atoms with van der Waals surface area (Å²) in [6, 6.07) is 10.5. The van der Waals surface area contributed by atoms with E-state index < -0.39 is 0 Å². The Morgan fingerprint density at radius 3 is 2.91 bits per heavy atom. The van der Waals surface area contributed by atoms with Crippen LogP contribution in [0.15, 0.2) is 55.3 Å². The van der Waals surface area contributed by atoms with Crippen LogP contribution in [0.2, 0.25) is 0 Å². The number of aromatic hydroxyl groups is 1. The zero-order valence-corrected chi connectivity index (χ0v) is 12.5. The fourth-order valence-corrected chi connectivity index (χ4v) is 2.13. The molecule has 1 atom stereocenters. The largest absolute Gasteiger partial charge is 0.508 e. The van der Waals surface area contributed by atoms with Crippen molar-refractivity contribution in [3.05, 3.63) is 66.4 Å². The maximum atomic E-state index is 12.1. The summed E-state index contributed by atoms with van der Waals surface area (Å²) in [5.41, 5.74) is 1.78. The third kappa shape index (κ3) is 4.19. The highest BCUT2D eigenvalue weighted by molar-refractivity contribution is 5.74. The van der Waals surface area contributed by atoms with Crippen molar-refractivity contribution >= 4 is 5.97 Å². The number of hydrogen-bond donors (Lipinski definition) is 1. The Labute approximate surface area is 130 Å². The molecule has 0 aliphatic heterocycles. The zero-order valence-electron chi connectivity index (χ0n) is 12.5. The molecule has 0 bridgehead atoms. The molecule has 0 aliphatic carbocycles. The molecular formula is C18H19NO3. The molecule has 22 heavy (non-hydrogen) atoms. The second kappa shape index (κ2) is 7.41. The van der Waals surface area contributed by atoms with Gasteiger partial charge in [0.25, 0.3) is 0 Å². The number of pyridine rings is 1. The Balaban J connectivity index is 2.02. The van der Waals surface area contributed by atoms with Crippen LogP contribution in [0.25, 0.3) is 0 Å². The number of rotatable bonds is 6. The van der Waals surface area contributed by atoms with E-state index in [1.807, 2.05) is 19.1 Å². The highest BCUT2D eigenvalue weighted by atomic mass is 16.5. The van der Waals surface area contributed by atoms with Gasteiger partial charge in [0.2, 0.25) is 5.88 Å². The lowest BCUT2D eigenvalue weighted by atomic mass is 9.98. The third-order valence-corrected chi connectivity index (χ3v) is 3.30. The standard InChI is InChI=1S/C18H19NO3/c1-3-6-15-12-14(8-9-16(15)20)11-13(2)18(21)22-17-7-4-5-10-19-17/h3-5,7-10,12-13,20H,1,6,11H2,2H3. The van der Waals surface area contributed by atoms with Gasteiger partial charge in [-0.15, -0.1) is 6.58 Å². The summed E-state index contributed by atoms with van der Waals surface area (Å²) >= 11 is 0. The molecule has 0 spiro atoms. The van der Waals surface area contributed by atoms with Crippen molar-refractivity contribution < 1.29 is 14.6 Å². The van der Waals surface area contributed by atoms with Gasteiger partial charge in [-0.05, 0) is 36.1 Å². The number of esters is 1. The van der Waals surface area contributed by atoms with E-state index in [9.17, 15) is 9.90 Å². The van der Waals surface area contributed by atoms with E-state index in [2.05, 4.69) is 11.6 Å². The summed E-state index contributed by atoms with van der Waals surface area (Å²) < 4.78 is 5.23. The molecule has 0 fully saturated rings. The average Bonchev–Trinajstić information content (AvgIpc) is 2.52. The molecule has 4 heteroatoms. The van der Waals surface area contributed by atoms with Gasteiger partial charge in [-0.25, -0.2) is 4.98 Å². The second-order valence-corrected chi connectivity index (χ2v) is 5.15. The lowest BCUT2D eigenvalue weighted by molar-refractivity contribution is -0.138. The first-order valence-electron chi connectivity index (χ1n) is 7.14. The smallest absolute Gasteiger partial charge is 0.315 e. The number of carbonyl (C=O) groups is 1. The van der Waals surface area contributed by atoms with E-state index in [0.29, 0.717) is 18.7 Å². The molecule has 0 saturated carbocycles. The van der Waals surface area contributed by atoms with Gasteiger partial charge in [0.1, 0.15) is 5.75 Å². The Morgan fingerprint density at radius 2 is 2.23 bits per heavy atom. The van der Waals surface area contributed by atoms with Gasteiger partial charge in [-0.3, -0.25) is 4.79 Å². The molecule has 0 amide bonds. The molecule has 1 aromatic carbocycles. The van der Waals surface area contributed by atoms with Crippen LogP contribution >= 0.6 is 0 Å². The fourth-order valence-electron chi connectivity index (χ4n) is 2.13. The van der Waals surface area contributed by atoms with Crippen LogP contribution in [-0.4, -0.2) is 16.1 Å². The number of benzene rings is 1. The predicted molar refractivity (Wildman–Crippen MR) is 84.7 cm³/mol. The van der Waals surface area contributed by atoms with Gasteiger partial charge >= 0.3 is 5.97 Å². The number of phenols is 1. The van der Waals surface area contributed by atoms with Crippen molar-refractivity contribution in [2.24, 2.45) is 5.92 Å². The lowest BCUT2D eigenvalue weighted by Gasteiger charge is -2.12. The monoisotopic (exact) mass is 297 g/mol. The second-order valence-electron chi connectivity index (χ2n) is 5.15. The SMILES string of the molecule is C=CCc1cc(CC(C)C(=O)Oc2ccccn2)ccc1O. The Hall–Kier alpha value is -2.62. The molecule has 2 rings (SSSR count). The molecule has 1 heterocycles. The van der Waals surface area contributed by atoms with Crippen LogP contribution in [0.1, 0.15) is 18.1 Å². The number of phenolic OH excluding ortho intramolecular Hbond substituents is 1. The van der Waals surface area contributed by atoms with Gasteiger partial charge in [-0.1, -0.05) is 31.2 Å². The number of hydrogen-bond acceptors (Lipinski definition) is 4. The van der Waals surface area contributed by atoms with Crippen LogP contribution in [0.4, 0.5) is 0 Å². The minimum absolute atomic E-state index is 0.243. The molecular weight excluding hydrogens is 278 g/mol. The number of allylic oxidation sites excluding steroid dienone is 1. The molecule has 0 radical (unpaired) electrons. The van der Waals surface area contributed by atoms with Gasteiger partial charge in [-0.2, -0.15) is 0 Å². The van der Waals surface area contributed by atoms with Crippen molar-refractivity contribution in [3.63, 3.8) is 0 Å². The third-order valence-electron chi connectivity index (χ3n) is 3.30. The molecule has 0 aliphatic rings. The first-order chi connectivity index (χ1) is 10.6. The average molecular weight is 297 g/mol. The maximum Gasteiger partial charge on any atom is 0.315 e. The fraction of sp³-hybridized carbons (Fsp3) is 0.222. The van der Waals surface area contributed by atoms with Crippen molar-refractivity contribution in [1.82, 2.24) is 4.98 Å². The highest BCUT2D eigenvalue weighted by Gasteiger charge is 2.17. The molecule has 1 unspecified atom stereocenters. The Morgan fingerprint density at radius 1 is 1.41 bits per heavy atom. The van der Waals surface area contributed by atoms with Crippen molar-refractivity contribution in [1.29, 1.82) is 0 Å². The van der Waals surface area contributed by atoms with Gasteiger partial charge in [0, 0.05) is 12.3 Å². The van der Waals surface area contributed by atoms with E-state index in [-0.39, 0.29) is 17.6 Å². The number of aromatic nitrogens is 1. The number of carbonyl (C=O) groups excluding carboxylic acids is 1. The summed E-state index contributed by atoms with van der Waals surface area (Å²) in [6.07, 6.45) is 4.44. The predicted octanol–water partition coefficient (Wildman–Crippen LogP) is 3.30. The van der Waals surface area contributed by atoms with E-state index in [0.717, 1.165) is 11.1 Å². The van der Waals surface area contributed by atoms with Crippen molar-refractivity contribution in [2.45, 2.75) is 19.8 Å². The maximum absolute atomic E-state index is 12.1. The normalized spacial score (nSPS) is 11.7. The zero-order chi connectivity index (χ0) is 15.9. The minimum atomic E-state index is -0.322. The van der Waals surface area contributed by atoms with Crippen LogP contribution in [0, 0.1) is 5.92 Å². The topological polar surface area (TPSA) is 59.4 Å². The van der Waals surface area contributed by atoms with Gasteiger partial charge in [0.05, 0.1) is 5.92 Å². The van der Waals surface area contributed by atoms with Crippen LogP contribution in [0.5, 0.6) is 11.6 Å². The summed E-state index contributed by atoms with van der Waals surface area (Å²) in [6.45, 7) is 5.48. The van der Waals surface area contributed by atoms with Crippen LogP contribution < -0.4 is 4.74 Å². The number of ether oxygens (including phenoxy) is 1. The molecule has 114 valence electrons. The van der Waals surface area contributed by atoms with E-state index in [1.54, 1.807) is 36.5 Å². The summed E-state index contributed by atoms with van der Waals surface area (Å²) in [5.74, 6) is -0.0788. The van der Waals surface area contributed by atoms with Crippen molar-refractivity contribution in [2.75, 3.05) is 0 Å². The summed E-state index contributed by atoms with van der Waals surface area (Å²) in [5, 5.41) is 9.76. The molecule has 4 nitrogen and oxygen atoms in total. The summed E-state index contributed by atoms with van der Waals surface area (Å²) in [7, 11) is 0. The van der Waals surface area contributed by atoms with Gasteiger partial charge < -0.3 is 9.84 Å². The molecule has 2 aromatic rings. The summed E-state index contributed by atoms with van der Waals surface area (Å²) in [4.78, 5) is 16.0. The number of nitrogens with zero attached hydrogens (tertiary/aromatic N) is 1. The van der Waals surface area contributed by atoms with E-state index in [4.69, 9.17) is 4.74 Å². The quantitative estimate of drug-likeness (QED) is 0.656. The molecule has 1 aromatic heterocycles. The minimum Gasteiger partial charge on any atom is -0.508 e. The van der Waals surface area contributed by atoms with E-state index in [1.165, 1.54) is 0 Å². The first-order valence-corrected chi connectivity index (χ1v) is 7.14. The Bertz CT molecular complexity index is 653. The molecule has 0 saturated heterocycles.